The van der Waals surface area contributed by atoms with Gasteiger partial charge in [-0.1, -0.05) is 39.8 Å². The molecule has 0 aliphatic carbocycles. The molecule has 48 heavy (non-hydrogen) atoms. The van der Waals surface area contributed by atoms with Crippen LogP contribution in [0.1, 0.15) is 85.1 Å². The van der Waals surface area contributed by atoms with Gasteiger partial charge in [-0.15, -0.1) is 0 Å². The van der Waals surface area contributed by atoms with Gasteiger partial charge in [-0.2, -0.15) is 0 Å². The summed E-state index contributed by atoms with van der Waals surface area (Å²) < 4.78 is 4.96. The number of ketones is 2. The predicted molar refractivity (Wildman–Crippen MR) is 175 cm³/mol. The first-order chi connectivity index (χ1) is 22.5. The number of hydrogen-bond acceptors (Lipinski definition) is 9. The number of nitrogens with one attached hydrogen (secondary N) is 2. The second-order valence-electron chi connectivity index (χ2n) is 12.9. The van der Waals surface area contributed by atoms with Crippen LogP contribution in [-0.4, -0.2) is 69.7 Å². The van der Waals surface area contributed by atoms with Gasteiger partial charge in [0.2, 0.25) is 11.8 Å². The number of nitrogens with zero attached hydrogens (tertiary/aromatic N) is 1. The Morgan fingerprint density at radius 1 is 0.812 bits per heavy atom. The number of esters is 1. The van der Waals surface area contributed by atoms with E-state index in [9.17, 15) is 43.5 Å². The summed E-state index contributed by atoms with van der Waals surface area (Å²) in [6.45, 7) is 8.80. The van der Waals surface area contributed by atoms with Crippen molar-refractivity contribution in [2.24, 2.45) is 23.7 Å². The molecule has 13 nitrogen and oxygen atoms in total. The average molecular weight is 670 g/mol. The fraction of sp³-hybridized carbons (Fsp3) is 0.543. The second kappa shape index (κ2) is 19.2. The first-order valence-corrected chi connectivity index (χ1v) is 16.2. The molecule has 1 aromatic carbocycles. The van der Waals surface area contributed by atoms with E-state index in [1.807, 2.05) is 27.7 Å². The number of aliphatic carboxylic acids is 1. The van der Waals surface area contributed by atoms with Crippen LogP contribution in [0.25, 0.3) is 0 Å². The Morgan fingerprint density at radius 2 is 1.42 bits per heavy atom. The number of carboxylic acids is 1. The lowest BCUT2D eigenvalue weighted by Crippen LogP contribution is -2.46. The Kier molecular flexibility index (Phi) is 15.8. The molecule has 0 saturated heterocycles. The summed E-state index contributed by atoms with van der Waals surface area (Å²) in [6, 6.07) is 5.54. The summed E-state index contributed by atoms with van der Waals surface area (Å²) >= 11 is 0. The normalized spacial score (nSPS) is 14.5. The van der Waals surface area contributed by atoms with Crippen molar-refractivity contribution in [3.8, 4) is 0 Å². The molecule has 4 amide bonds. The van der Waals surface area contributed by atoms with Gasteiger partial charge in [0.15, 0.2) is 5.78 Å². The number of ether oxygens (including phenoxy) is 1. The molecule has 1 aliphatic rings. The Labute approximate surface area is 280 Å². The zero-order chi connectivity index (χ0) is 36.0. The Bertz CT molecular complexity index is 1370. The van der Waals surface area contributed by atoms with Crippen LogP contribution in [0.3, 0.4) is 0 Å². The first kappa shape index (κ1) is 39.5. The van der Waals surface area contributed by atoms with Crippen molar-refractivity contribution in [1.82, 2.24) is 10.2 Å². The highest BCUT2D eigenvalue weighted by Gasteiger charge is 2.32. The van der Waals surface area contributed by atoms with Crippen LogP contribution in [0.4, 0.5) is 5.69 Å². The number of hydrogen-bond donors (Lipinski definition) is 3. The van der Waals surface area contributed by atoms with E-state index in [1.54, 1.807) is 24.3 Å². The number of rotatable bonds is 21. The number of amides is 4. The van der Waals surface area contributed by atoms with Gasteiger partial charge in [0.05, 0.1) is 6.04 Å². The minimum atomic E-state index is -1.13. The van der Waals surface area contributed by atoms with Crippen LogP contribution < -0.4 is 10.6 Å². The van der Waals surface area contributed by atoms with Gasteiger partial charge in [0.1, 0.15) is 12.4 Å². The largest absolute Gasteiger partial charge is 0.481 e. The highest BCUT2D eigenvalue weighted by molar-refractivity contribution is 6.13. The van der Waals surface area contributed by atoms with E-state index in [-0.39, 0.29) is 69.3 Å². The third-order valence-electron chi connectivity index (χ3n) is 7.72. The third kappa shape index (κ3) is 14.0. The fourth-order valence-electron chi connectivity index (χ4n) is 5.27. The number of benzene rings is 1. The van der Waals surface area contributed by atoms with Crippen molar-refractivity contribution in [2.45, 2.75) is 92.2 Å². The van der Waals surface area contributed by atoms with E-state index in [0.717, 1.165) is 17.1 Å². The van der Waals surface area contributed by atoms with Gasteiger partial charge >= 0.3 is 11.9 Å². The quantitative estimate of drug-likeness (QED) is 0.129. The molecule has 262 valence electrons. The lowest BCUT2D eigenvalue weighted by atomic mass is 9.88. The van der Waals surface area contributed by atoms with E-state index in [0.29, 0.717) is 17.7 Å². The predicted octanol–water partition coefficient (Wildman–Crippen LogP) is 3.60. The SMILES string of the molecule is CC(=O)OCc1ccc(NC(=O)[C@H](CCC(=O)O)CC(=O)[C@H](CC(C)C)NC(=O)[C@H](CC(=O)CCN2C(=O)C=CC2=O)CC(C)C)cc1. The minimum Gasteiger partial charge on any atom is -0.481 e. The number of carbonyl (C=O) groups is 8. The monoisotopic (exact) mass is 669 g/mol. The molecule has 0 bridgehead atoms. The van der Waals surface area contributed by atoms with Crippen LogP contribution in [0, 0.1) is 23.7 Å². The van der Waals surface area contributed by atoms with E-state index in [2.05, 4.69) is 10.6 Å². The summed E-state index contributed by atoms with van der Waals surface area (Å²) in [7, 11) is 0. The molecule has 1 aromatic rings. The molecular formula is C35H47N3O10. The number of carbonyl (C=O) groups excluding carboxylic acids is 7. The van der Waals surface area contributed by atoms with Crippen molar-refractivity contribution >= 4 is 52.8 Å². The summed E-state index contributed by atoms with van der Waals surface area (Å²) in [4.78, 5) is 100. The highest BCUT2D eigenvalue weighted by atomic mass is 16.5. The summed E-state index contributed by atoms with van der Waals surface area (Å²) in [6.07, 6.45) is 1.86. The van der Waals surface area contributed by atoms with Gasteiger partial charge in [-0.05, 0) is 48.8 Å². The van der Waals surface area contributed by atoms with Gasteiger partial charge in [0.25, 0.3) is 11.8 Å². The topological polar surface area (TPSA) is 193 Å². The summed E-state index contributed by atoms with van der Waals surface area (Å²) in [5.74, 6) is -6.09. The molecule has 0 saturated carbocycles. The van der Waals surface area contributed by atoms with Crippen LogP contribution >= 0.6 is 0 Å². The lowest BCUT2D eigenvalue weighted by molar-refractivity contribution is -0.142. The fourth-order valence-corrected chi connectivity index (χ4v) is 5.27. The molecule has 0 spiro atoms. The van der Waals surface area contributed by atoms with Crippen molar-refractivity contribution in [3.05, 3.63) is 42.0 Å². The molecule has 0 unspecified atom stereocenters. The number of Topliss-reactive ketones (excluding diaryl/α,β-unsaturated/α-hetero) is 2. The zero-order valence-electron chi connectivity index (χ0n) is 28.3. The van der Waals surface area contributed by atoms with Crippen molar-refractivity contribution in [3.63, 3.8) is 0 Å². The Hall–Kier alpha value is -4.68. The van der Waals surface area contributed by atoms with Gasteiger partial charge in [-0.25, -0.2) is 0 Å². The first-order valence-electron chi connectivity index (χ1n) is 16.2. The zero-order valence-corrected chi connectivity index (χ0v) is 28.3. The number of anilines is 1. The average Bonchev–Trinajstić information content (AvgIpc) is 3.32. The molecule has 0 fully saturated rings. The summed E-state index contributed by atoms with van der Waals surface area (Å²) in [5.41, 5.74) is 1.10. The van der Waals surface area contributed by atoms with Gasteiger partial charge in [-0.3, -0.25) is 43.3 Å². The van der Waals surface area contributed by atoms with E-state index in [1.165, 1.54) is 6.92 Å². The lowest BCUT2D eigenvalue weighted by Gasteiger charge is -2.25. The maximum absolute atomic E-state index is 13.7. The van der Waals surface area contributed by atoms with E-state index in [4.69, 9.17) is 4.74 Å². The van der Waals surface area contributed by atoms with Gasteiger partial charge in [0, 0.05) is 68.8 Å². The van der Waals surface area contributed by atoms with Crippen molar-refractivity contribution in [1.29, 1.82) is 0 Å². The number of imide groups is 1. The molecule has 1 aliphatic heterocycles. The van der Waals surface area contributed by atoms with E-state index >= 15 is 0 Å². The summed E-state index contributed by atoms with van der Waals surface area (Å²) in [5, 5.41) is 14.8. The highest BCUT2D eigenvalue weighted by Crippen LogP contribution is 2.22. The van der Waals surface area contributed by atoms with Gasteiger partial charge < -0.3 is 20.5 Å². The van der Waals surface area contributed by atoms with Crippen LogP contribution in [0.15, 0.2) is 36.4 Å². The van der Waals surface area contributed by atoms with Crippen LogP contribution in [0.5, 0.6) is 0 Å². The Balaban J connectivity index is 2.14. The number of carboxylic acid groups (broad SMARTS) is 1. The second-order valence-corrected chi connectivity index (χ2v) is 12.9. The standard InChI is InChI=1S/C35H47N3O10/c1-21(2)16-26(18-28(40)14-15-38-31(42)11-12-32(38)43)35(47)37-29(17-22(3)4)30(41)19-25(8-13-33(44)45)34(46)36-27-9-6-24(7-10-27)20-48-23(5)39/h6-7,9-12,21-22,25-26,29H,8,13-20H2,1-5H3,(H,36,46)(H,37,47)(H,44,45)/t25-,26+,29+/m1/s1. The minimum absolute atomic E-state index is 0.0228. The molecular weight excluding hydrogens is 622 g/mol. The maximum atomic E-state index is 13.7. The van der Waals surface area contributed by atoms with E-state index < -0.39 is 59.2 Å². The molecule has 0 aromatic heterocycles. The van der Waals surface area contributed by atoms with Crippen LogP contribution in [0.2, 0.25) is 0 Å². The Morgan fingerprint density at radius 3 is 1.96 bits per heavy atom. The molecule has 0 radical (unpaired) electrons. The molecule has 1 heterocycles. The molecule has 13 heteroatoms. The van der Waals surface area contributed by atoms with Crippen LogP contribution in [-0.2, 0) is 49.7 Å². The van der Waals surface area contributed by atoms with Crippen molar-refractivity contribution < 1.29 is 48.2 Å². The van der Waals surface area contributed by atoms with Crippen molar-refractivity contribution in [2.75, 3.05) is 11.9 Å². The smallest absolute Gasteiger partial charge is 0.303 e. The molecule has 3 N–H and O–H groups in total. The maximum Gasteiger partial charge on any atom is 0.303 e. The molecule has 2 rings (SSSR count). The molecule has 3 atom stereocenters. The third-order valence-corrected chi connectivity index (χ3v) is 7.72.